The summed E-state index contributed by atoms with van der Waals surface area (Å²) in [6, 6.07) is 8.99. The second-order valence-electron chi connectivity index (χ2n) is 5.64. The maximum atomic E-state index is 6.24. The first-order chi connectivity index (χ1) is 8.84. The lowest BCUT2D eigenvalue weighted by molar-refractivity contribution is 0.435. The van der Waals surface area contributed by atoms with Gasteiger partial charge in [-0.25, -0.2) is 0 Å². The fourth-order valence-electron chi connectivity index (χ4n) is 3.35. The van der Waals surface area contributed by atoms with Crippen LogP contribution in [0.5, 0.6) is 0 Å². The van der Waals surface area contributed by atoms with E-state index in [0.717, 1.165) is 18.7 Å². The van der Waals surface area contributed by atoms with E-state index in [0.29, 0.717) is 12.0 Å². The van der Waals surface area contributed by atoms with Gasteiger partial charge in [0.05, 0.1) is 11.9 Å². The lowest BCUT2D eigenvalue weighted by Gasteiger charge is -2.22. The lowest BCUT2D eigenvalue weighted by atomic mass is 9.88. The van der Waals surface area contributed by atoms with Crippen molar-refractivity contribution < 1.29 is 0 Å². The minimum absolute atomic E-state index is 0.322. The first-order valence-corrected chi connectivity index (χ1v) is 7.25. The van der Waals surface area contributed by atoms with E-state index in [9.17, 15) is 0 Å². The van der Waals surface area contributed by atoms with Gasteiger partial charge >= 0.3 is 0 Å². The van der Waals surface area contributed by atoms with Crippen LogP contribution in [-0.4, -0.2) is 5.84 Å². The van der Waals surface area contributed by atoms with Crippen LogP contribution in [0.4, 0.5) is 0 Å². The fraction of sp³-hybridized carbons (Fsp3) is 0.562. The highest BCUT2D eigenvalue weighted by molar-refractivity contribution is 5.83. The highest BCUT2D eigenvalue weighted by atomic mass is 14.9. The molecule has 3 rings (SSSR count). The molecular weight excluding hydrogens is 220 g/mol. The molecule has 2 heteroatoms. The van der Waals surface area contributed by atoms with Crippen molar-refractivity contribution in [3.8, 4) is 0 Å². The van der Waals surface area contributed by atoms with Crippen molar-refractivity contribution in [2.45, 2.75) is 51.0 Å². The maximum Gasteiger partial charge on any atom is 0.0976 e. The number of hydrogen-bond acceptors (Lipinski definition) is 1. The van der Waals surface area contributed by atoms with E-state index in [2.05, 4.69) is 24.3 Å². The summed E-state index contributed by atoms with van der Waals surface area (Å²) in [7, 11) is 0. The molecule has 1 unspecified atom stereocenters. The Morgan fingerprint density at radius 2 is 1.83 bits per heavy atom. The normalized spacial score (nSPS) is 25.1. The third-order valence-corrected chi connectivity index (χ3v) is 4.43. The maximum absolute atomic E-state index is 6.24. The molecular formula is C16H22N2. The average molecular weight is 242 g/mol. The van der Waals surface area contributed by atoms with Crippen molar-refractivity contribution in [3.63, 3.8) is 0 Å². The van der Waals surface area contributed by atoms with Crippen LogP contribution in [0.25, 0.3) is 0 Å². The van der Waals surface area contributed by atoms with Crippen LogP contribution >= 0.6 is 0 Å². The Hall–Kier alpha value is -1.31. The van der Waals surface area contributed by atoms with Gasteiger partial charge in [-0.1, -0.05) is 43.5 Å². The fourth-order valence-corrected chi connectivity index (χ4v) is 3.35. The summed E-state index contributed by atoms with van der Waals surface area (Å²) >= 11 is 0. The standard InChI is InChI=1S/C16H22N2/c17-16(13-7-2-1-3-8-13)18-15-11-10-12-6-4-5-9-14(12)15/h4-6,9,13,15H,1-3,7-8,10-11H2,(H2,17,18). The van der Waals surface area contributed by atoms with Crippen LogP contribution in [0.1, 0.15) is 55.7 Å². The van der Waals surface area contributed by atoms with Gasteiger partial charge in [0.25, 0.3) is 0 Å². The minimum Gasteiger partial charge on any atom is -0.387 e. The molecule has 18 heavy (non-hydrogen) atoms. The zero-order valence-corrected chi connectivity index (χ0v) is 10.9. The Labute approximate surface area is 109 Å². The summed E-state index contributed by atoms with van der Waals surface area (Å²) in [5, 5.41) is 0. The molecule has 2 aliphatic rings. The SMILES string of the molecule is NC(=NC1CCc2ccccc21)C1CCCCC1. The molecule has 0 saturated heterocycles. The second kappa shape index (κ2) is 5.13. The minimum atomic E-state index is 0.322. The van der Waals surface area contributed by atoms with E-state index in [4.69, 9.17) is 10.7 Å². The van der Waals surface area contributed by atoms with E-state index in [-0.39, 0.29) is 0 Å². The quantitative estimate of drug-likeness (QED) is 0.624. The summed E-state index contributed by atoms with van der Waals surface area (Å²) in [4.78, 5) is 4.84. The molecule has 1 fully saturated rings. The number of aryl methyl sites for hydroxylation is 1. The van der Waals surface area contributed by atoms with Gasteiger partial charge in [0.15, 0.2) is 0 Å². The number of nitrogens with zero attached hydrogens (tertiary/aromatic N) is 1. The van der Waals surface area contributed by atoms with Gasteiger partial charge in [-0.15, -0.1) is 0 Å². The molecule has 0 radical (unpaired) electrons. The van der Waals surface area contributed by atoms with Crippen LogP contribution in [0, 0.1) is 5.92 Å². The third kappa shape index (κ3) is 2.29. The lowest BCUT2D eigenvalue weighted by Crippen LogP contribution is -2.26. The molecule has 0 spiro atoms. The predicted molar refractivity (Wildman–Crippen MR) is 75.7 cm³/mol. The van der Waals surface area contributed by atoms with Gasteiger partial charge in [-0.3, -0.25) is 4.99 Å². The van der Waals surface area contributed by atoms with Crippen molar-refractivity contribution in [2.24, 2.45) is 16.6 Å². The van der Waals surface area contributed by atoms with Crippen molar-refractivity contribution in [1.29, 1.82) is 0 Å². The second-order valence-corrected chi connectivity index (χ2v) is 5.64. The van der Waals surface area contributed by atoms with Gasteiger partial charge in [-0.2, -0.15) is 0 Å². The van der Waals surface area contributed by atoms with Gasteiger partial charge in [0, 0.05) is 5.92 Å². The molecule has 0 aromatic heterocycles. The number of benzene rings is 1. The monoisotopic (exact) mass is 242 g/mol. The van der Waals surface area contributed by atoms with Crippen molar-refractivity contribution in [2.75, 3.05) is 0 Å². The highest BCUT2D eigenvalue weighted by Gasteiger charge is 2.23. The Balaban J connectivity index is 1.76. The zero-order chi connectivity index (χ0) is 12.4. The molecule has 1 saturated carbocycles. The molecule has 0 heterocycles. The van der Waals surface area contributed by atoms with E-state index in [1.54, 1.807) is 0 Å². The highest BCUT2D eigenvalue weighted by Crippen LogP contribution is 2.34. The Bertz CT molecular complexity index is 444. The predicted octanol–water partition coefficient (Wildman–Crippen LogP) is 3.61. The largest absolute Gasteiger partial charge is 0.387 e. The summed E-state index contributed by atoms with van der Waals surface area (Å²) in [6.45, 7) is 0. The average Bonchev–Trinajstić information content (AvgIpc) is 2.83. The number of rotatable bonds is 2. The van der Waals surface area contributed by atoms with E-state index < -0.39 is 0 Å². The molecule has 0 aliphatic heterocycles. The van der Waals surface area contributed by atoms with E-state index in [1.165, 1.54) is 43.2 Å². The Kier molecular flexibility index (Phi) is 3.35. The molecule has 1 aromatic carbocycles. The first-order valence-electron chi connectivity index (χ1n) is 7.25. The molecule has 1 atom stereocenters. The van der Waals surface area contributed by atoms with Crippen LogP contribution in [0.3, 0.4) is 0 Å². The smallest absolute Gasteiger partial charge is 0.0976 e. The van der Waals surface area contributed by atoms with Gasteiger partial charge in [0.1, 0.15) is 0 Å². The molecule has 1 aromatic rings. The van der Waals surface area contributed by atoms with E-state index in [1.807, 2.05) is 0 Å². The Morgan fingerprint density at radius 3 is 2.67 bits per heavy atom. The topological polar surface area (TPSA) is 38.4 Å². The van der Waals surface area contributed by atoms with Gasteiger partial charge in [-0.05, 0) is 36.8 Å². The van der Waals surface area contributed by atoms with Crippen LogP contribution < -0.4 is 5.73 Å². The van der Waals surface area contributed by atoms with E-state index >= 15 is 0 Å². The summed E-state index contributed by atoms with van der Waals surface area (Å²) < 4.78 is 0. The van der Waals surface area contributed by atoms with Gasteiger partial charge < -0.3 is 5.73 Å². The van der Waals surface area contributed by atoms with Crippen molar-refractivity contribution in [3.05, 3.63) is 35.4 Å². The number of nitrogens with two attached hydrogens (primary N) is 1. The number of hydrogen-bond donors (Lipinski definition) is 1. The molecule has 0 amide bonds. The molecule has 96 valence electrons. The first kappa shape index (κ1) is 11.8. The Morgan fingerprint density at radius 1 is 1.06 bits per heavy atom. The summed E-state index contributed by atoms with van der Waals surface area (Å²) in [6.07, 6.45) is 8.78. The zero-order valence-electron chi connectivity index (χ0n) is 10.9. The van der Waals surface area contributed by atoms with Crippen molar-refractivity contribution >= 4 is 5.84 Å². The molecule has 2 N–H and O–H groups in total. The third-order valence-electron chi connectivity index (χ3n) is 4.43. The van der Waals surface area contributed by atoms with Gasteiger partial charge in [0.2, 0.25) is 0 Å². The summed E-state index contributed by atoms with van der Waals surface area (Å²) in [5.74, 6) is 1.46. The van der Waals surface area contributed by atoms with Crippen LogP contribution in [0.2, 0.25) is 0 Å². The van der Waals surface area contributed by atoms with Crippen LogP contribution in [-0.2, 0) is 6.42 Å². The molecule has 2 aliphatic carbocycles. The summed E-state index contributed by atoms with van der Waals surface area (Å²) in [5.41, 5.74) is 9.10. The number of amidine groups is 1. The number of aliphatic imine (C=N–C) groups is 1. The van der Waals surface area contributed by atoms with Crippen LogP contribution in [0.15, 0.2) is 29.3 Å². The molecule has 0 bridgehead atoms. The molecule has 2 nitrogen and oxygen atoms in total. The van der Waals surface area contributed by atoms with Crippen molar-refractivity contribution in [1.82, 2.24) is 0 Å². The number of fused-ring (bicyclic) bond motifs is 1.